The lowest BCUT2D eigenvalue weighted by molar-refractivity contribution is -0.137. The highest BCUT2D eigenvalue weighted by Gasteiger charge is 2.36. The number of methoxy groups -OCH3 is 1. The van der Waals surface area contributed by atoms with Crippen LogP contribution in [-0.2, 0) is 14.9 Å². The Morgan fingerprint density at radius 1 is 1.33 bits per heavy atom. The van der Waals surface area contributed by atoms with Crippen molar-refractivity contribution < 1.29 is 14.3 Å². The lowest BCUT2D eigenvalue weighted by atomic mass is 9.75. The molecule has 0 radical (unpaired) electrons. The lowest BCUT2D eigenvalue weighted by Crippen LogP contribution is -2.50. The molecule has 1 heterocycles. The third-order valence-electron chi connectivity index (χ3n) is 5.00. The number of ether oxygens (including phenoxy) is 1. The van der Waals surface area contributed by atoms with Crippen LogP contribution in [0.2, 0.25) is 0 Å². The molecule has 0 bridgehead atoms. The molecule has 2 unspecified atom stereocenters. The van der Waals surface area contributed by atoms with Gasteiger partial charge in [-0.05, 0) is 24.8 Å². The average Bonchev–Trinajstić information content (AvgIpc) is 2.62. The van der Waals surface area contributed by atoms with Crippen molar-refractivity contribution in [3.05, 3.63) is 35.9 Å². The molecule has 1 aromatic rings. The number of hydrogen-bond donors (Lipinski definition) is 1. The van der Waals surface area contributed by atoms with Gasteiger partial charge in [0.25, 0.3) is 0 Å². The molecule has 2 atom stereocenters. The summed E-state index contributed by atoms with van der Waals surface area (Å²) < 4.78 is 4.59. The number of benzene rings is 1. The molecule has 1 N–H and O–H groups in total. The van der Waals surface area contributed by atoms with Crippen LogP contribution >= 0.6 is 0 Å². The Hall–Kier alpha value is -2.04. The summed E-state index contributed by atoms with van der Waals surface area (Å²) >= 11 is 0. The van der Waals surface area contributed by atoms with Crippen LogP contribution in [0.25, 0.3) is 0 Å². The molecule has 1 aromatic carbocycles. The van der Waals surface area contributed by atoms with Gasteiger partial charge in [0.1, 0.15) is 0 Å². The van der Waals surface area contributed by atoms with Gasteiger partial charge in [0.15, 0.2) is 0 Å². The minimum atomic E-state index is -0.492. The molecule has 1 aliphatic rings. The first-order valence-electron chi connectivity index (χ1n) is 8.66. The standard InChI is InChI=1S/C19H28N2O3/c1-4-15(13-20-18(23)24-3)17(22)21-12-8-11-19(2,14-21)16-9-6-5-7-10-16/h5-7,9-10,15H,4,8,11-14H2,1-3H3,(H,20,23). The van der Waals surface area contributed by atoms with Crippen LogP contribution in [0, 0.1) is 5.92 Å². The molecule has 132 valence electrons. The summed E-state index contributed by atoms with van der Waals surface area (Å²) in [6.07, 6.45) is 2.28. The molecular formula is C19H28N2O3. The number of nitrogens with zero attached hydrogens (tertiary/aromatic N) is 1. The number of carbonyl (C=O) groups is 2. The van der Waals surface area contributed by atoms with Crippen molar-refractivity contribution in [2.24, 2.45) is 5.92 Å². The summed E-state index contributed by atoms with van der Waals surface area (Å²) in [5, 5.41) is 2.65. The van der Waals surface area contributed by atoms with Crippen molar-refractivity contribution in [2.75, 3.05) is 26.7 Å². The van der Waals surface area contributed by atoms with Crippen molar-refractivity contribution in [3.8, 4) is 0 Å². The Morgan fingerprint density at radius 2 is 2.04 bits per heavy atom. The maximum absolute atomic E-state index is 12.9. The first-order valence-corrected chi connectivity index (χ1v) is 8.66. The number of alkyl carbamates (subject to hydrolysis) is 1. The van der Waals surface area contributed by atoms with E-state index in [2.05, 4.69) is 41.2 Å². The Kier molecular flexibility index (Phi) is 6.23. The predicted octanol–water partition coefficient (Wildman–Crippen LogP) is 2.95. The maximum atomic E-state index is 12.9. The van der Waals surface area contributed by atoms with Crippen LogP contribution in [0.4, 0.5) is 4.79 Å². The zero-order valence-electron chi connectivity index (χ0n) is 14.9. The molecule has 0 spiro atoms. The first kappa shape index (κ1) is 18.3. The Morgan fingerprint density at radius 3 is 2.67 bits per heavy atom. The number of nitrogens with one attached hydrogen (secondary N) is 1. The summed E-state index contributed by atoms with van der Waals surface area (Å²) in [6, 6.07) is 10.4. The molecule has 1 fully saturated rings. The number of likely N-dealkylation sites (tertiary alicyclic amines) is 1. The van der Waals surface area contributed by atoms with E-state index < -0.39 is 6.09 Å². The summed E-state index contributed by atoms with van der Waals surface area (Å²) in [5.41, 5.74) is 1.27. The minimum absolute atomic E-state index is 0.0107. The zero-order valence-corrected chi connectivity index (χ0v) is 14.9. The summed E-state index contributed by atoms with van der Waals surface area (Å²) in [5.74, 6) is -0.0852. The molecule has 5 heteroatoms. The molecule has 1 aliphatic heterocycles. The number of amides is 2. The predicted molar refractivity (Wildman–Crippen MR) is 93.8 cm³/mol. The van der Waals surface area contributed by atoms with Crippen molar-refractivity contribution in [1.29, 1.82) is 0 Å². The van der Waals surface area contributed by atoms with Gasteiger partial charge >= 0.3 is 6.09 Å². The Balaban J connectivity index is 2.04. The first-order chi connectivity index (χ1) is 11.5. The lowest BCUT2D eigenvalue weighted by Gasteiger charge is -2.42. The molecule has 0 aliphatic carbocycles. The van der Waals surface area contributed by atoms with E-state index in [-0.39, 0.29) is 17.2 Å². The normalized spacial score (nSPS) is 21.9. The van der Waals surface area contributed by atoms with E-state index in [4.69, 9.17) is 0 Å². The molecule has 0 saturated carbocycles. The maximum Gasteiger partial charge on any atom is 0.406 e. The zero-order chi connectivity index (χ0) is 17.6. The van der Waals surface area contributed by atoms with Gasteiger partial charge in [-0.25, -0.2) is 4.79 Å². The third-order valence-corrected chi connectivity index (χ3v) is 5.00. The smallest absolute Gasteiger partial charge is 0.406 e. The number of carbonyl (C=O) groups excluding carboxylic acids is 2. The summed E-state index contributed by atoms with van der Waals surface area (Å²) in [7, 11) is 1.33. The van der Waals surface area contributed by atoms with Crippen molar-refractivity contribution >= 4 is 12.0 Å². The fourth-order valence-electron chi connectivity index (χ4n) is 3.45. The second kappa shape index (κ2) is 8.18. The number of hydrogen-bond acceptors (Lipinski definition) is 3. The molecule has 5 nitrogen and oxygen atoms in total. The molecule has 0 aromatic heterocycles. The van der Waals surface area contributed by atoms with Crippen molar-refractivity contribution in [1.82, 2.24) is 10.2 Å². The summed E-state index contributed by atoms with van der Waals surface area (Å²) in [6.45, 7) is 6.04. The average molecular weight is 332 g/mol. The van der Waals surface area contributed by atoms with Gasteiger partial charge in [-0.3, -0.25) is 4.79 Å². The van der Waals surface area contributed by atoms with E-state index in [1.54, 1.807) is 0 Å². The highest BCUT2D eigenvalue weighted by Crippen LogP contribution is 2.34. The Labute approximate surface area is 144 Å². The van der Waals surface area contributed by atoms with Gasteiger partial charge in [-0.1, -0.05) is 44.2 Å². The van der Waals surface area contributed by atoms with E-state index >= 15 is 0 Å². The van der Waals surface area contributed by atoms with Crippen LogP contribution in [0.5, 0.6) is 0 Å². The van der Waals surface area contributed by atoms with Crippen molar-refractivity contribution in [2.45, 2.75) is 38.5 Å². The van der Waals surface area contributed by atoms with Gasteiger partial charge in [0, 0.05) is 25.0 Å². The van der Waals surface area contributed by atoms with Gasteiger partial charge in [0.2, 0.25) is 5.91 Å². The van der Waals surface area contributed by atoms with Crippen molar-refractivity contribution in [3.63, 3.8) is 0 Å². The van der Waals surface area contributed by atoms with E-state index in [1.807, 2.05) is 17.9 Å². The second-order valence-corrected chi connectivity index (χ2v) is 6.77. The minimum Gasteiger partial charge on any atom is -0.453 e. The van der Waals surface area contributed by atoms with E-state index in [0.717, 1.165) is 25.9 Å². The monoisotopic (exact) mass is 332 g/mol. The third kappa shape index (κ3) is 4.28. The second-order valence-electron chi connectivity index (χ2n) is 6.77. The van der Waals surface area contributed by atoms with Gasteiger partial charge in [-0.2, -0.15) is 0 Å². The highest BCUT2D eigenvalue weighted by molar-refractivity contribution is 5.80. The quantitative estimate of drug-likeness (QED) is 0.902. The largest absolute Gasteiger partial charge is 0.453 e. The number of piperidine rings is 1. The molecule has 1 saturated heterocycles. The SMILES string of the molecule is CCC(CNC(=O)OC)C(=O)N1CCCC(C)(c2ccccc2)C1. The molecule has 24 heavy (non-hydrogen) atoms. The fourth-order valence-corrected chi connectivity index (χ4v) is 3.45. The van der Waals surface area contributed by atoms with E-state index in [9.17, 15) is 9.59 Å². The topological polar surface area (TPSA) is 58.6 Å². The van der Waals surface area contributed by atoms with Gasteiger partial charge < -0.3 is 15.0 Å². The fraction of sp³-hybridized carbons (Fsp3) is 0.579. The van der Waals surface area contributed by atoms with Gasteiger partial charge in [-0.15, -0.1) is 0 Å². The molecule has 2 rings (SSSR count). The van der Waals surface area contributed by atoms with Crippen LogP contribution in [0.1, 0.15) is 38.7 Å². The molecule has 2 amide bonds. The number of rotatable bonds is 5. The van der Waals surface area contributed by atoms with Crippen LogP contribution < -0.4 is 5.32 Å². The highest BCUT2D eigenvalue weighted by atomic mass is 16.5. The summed E-state index contributed by atoms with van der Waals surface area (Å²) in [4.78, 5) is 26.1. The van der Waals surface area contributed by atoms with E-state index in [1.165, 1.54) is 12.7 Å². The van der Waals surface area contributed by atoms with Crippen LogP contribution in [0.3, 0.4) is 0 Å². The van der Waals surface area contributed by atoms with E-state index in [0.29, 0.717) is 13.0 Å². The van der Waals surface area contributed by atoms with Crippen LogP contribution in [-0.4, -0.2) is 43.6 Å². The van der Waals surface area contributed by atoms with Crippen LogP contribution in [0.15, 0.2) is 30.3 Å². The Bertz CT molecular complexity index is 561. The molecular weight excluding hydrogens is 304 g/mol. The van der Waals surface area contributed by atoms with Gasteiger partial charge in [0.05, 0.1) is 13.0 Å².